The Morgan fingerprint density at radius 1 is 1.39 bits per heavy atom. The Bertz CT molecular complexity index is 405. The van der Waals surface area contributed by atoms with Gasteiger partial charge in [-0.15, -0.1) is 0 Å². The van der Waals surface area contributed by atoms with E-state index in [2.05, 4.69) is 25.4 Å². The summed E-state index contributed by atoms with van der Waals surface area (Å²) in [7, 11) is 0. The highest BCUT2D eigenvalue weighted by molar-refractivity contribution is 7.99. The maximum atomic E-state index is 12.1. The van der Waals surface area contributed by atoms with Gasteiger partial charge in [-0.1, -0.05) is 18.2 Å². The van der Waals surface area contributed by atoms with Gasteiger partial charge in [0.2, 0.25) is 0 Å². The fraction of sp³-hybridized carbons (Fsp3) is 0.500. The second kappa shape index (κ2) is 6.81. The highest BCUT2D eigenvalue weighted by Gasteiger charge is 2.18. The molecular weight excluding hydrogens is 244 g/mol. The monoisotopic (exact) mass is 266 g/mol. The van der Waals surface area contributed by atoms with E-state index in [-0.39, 0.29) is 10.7 Å². The van der Waals surface area contributed by atoms with Gasteiger partial charge in [0.1, 0.15) is 0 Å². The van der Waals surface area contributed by atoms with Crippen molar-refractivity contribution >= 4 is 17.7 Å². The van der Waals surface area contributed by atoms with Crippen LogP contribution in [0.1, 0.15) is 29.8 Å². The zero-order chi connectivity index (χ0) is 13.6. The van der Waals surface area contributed by atoms with Gasteiger partial charge in [-0.25, -0.2) is 0 Å². The fourth-order valence-electron chi connectivity index (χ4n) is 1.58. The molecule has 0 aromatic heterocycles. The van der Waals surface area contributed by atoms with E-state index in [1.807, 2.05) is 24.3 Å². The largest absolute Gasteiger partial charge is 0.351 e. The average Bonchev–Trinajstić information content (AvgIpc) is 2.37. The molecule has 1 aromatic carbocycles. The lowest BCUT2D eigenvalue weighted by Gasteiger charge is -2.22. The molecule has 18 heavy (non-hydrogen) atoms. The maximum Gasteiger partial charge on any atom is 0.251 e. The molecule has 1 rings (SSSR count). The number of hydrogen-bond donors (Lipinski definition) is 2. The Morgan fingerprint density at radius 2 is 2.06 bits per heavy atom. The summed E-state index contributed by atoms with van der Waals surface area (Å²) in [5.41, 5.74) is 7.31. The summed E-state index contributed by atoms with van der Waals surface area (Å²) in [6, 6.07) is 7.64. The van der Waals surface area contributed by atoms with Gasteiger partial charge >= 0.3 is 0 Å². The van der Waals surface area contributed by atoms with E-state index >= 15 is 0 Å². The Morgan fingerprint density at radius 3 is 2.67 bits per heavy atom. The van der Waals surface area contributed by atoms with Gasteiger partial charge in [0.05, 0.1) is 0 Å². The van der Waals surface area contributed by atoms with Crippen LogP contribution in [0.4, 0.5) is 0 Å². The molecule has 0 unspecified atom stereocenters. The fourth-order valence-corrected chi connectivity index (χ4v) is 1.79. The van der Waals surface area contributed by atoms with Crippen LogP contribution in [0.2, 0.25) is 0 Å². The molecule has 1 aromatic rings. The molecule has 0 atom stereocenters. The van der Waals surface area contributed by atoms with Crippen LogP contribution in [0.5, 0.6) is 0 Å². The first kappa shape index (κ1) is 15.1. The van der Waals surface area contributed by atoms with Crippen LogP contribution in [-0.4, -0.2) is 30.0 Å². The van der Waals surface area contributed by atoms with Gasteiger partial charge in [0, 0.05) is 16.9 Å². The summed E-state index contributed by atoms with van der Waals surface area (Å²) in [6.45, 7) is 5.44. The van der Waals surface area contributed by atoms with Crippen LogP contribution in [-0.2, 0) is 6.42 Å². The summed E-state index contributed by atoms with van der Waals surface area (Å²) in [5, 5.41) is 2.99. The van der Waals surface area contributed by atoms with E-state index in [0.29, 0.717) is 13.1 Å². The third-order valence-electron chi connectivity index (χ3n) is 2.90. The van der Waals surface area contributed by atoms with Crippen LogP contribution in [0.25, 0.3) is 0 Å². The predicted molar refractivity (Wildman–Crippen MR) is 79.1 cm³/mol. The molecule has 3 N–H and O–H groups in total. The standard InChI is InChI=1S/C14H22N2OS/c1-14(2,18-3)10-16-13(17)12-7-5-4-6-11(12)8-9-15/h4-7H,8-10,15H2,1-3H3,(H,16,17). The summed E-state index contributed by atoms with van der Waals surface area (Å²) >= 11 is 1.74. The van der Waals surface area contributed by atoms with E-state index in [4.69, 9.17) is 5.73 Å². The quantitative estimate of drug-likeness (QED) is 0.828. The molecule has 0 saturated heterocycles. The lowest BCUT2D eigenvalue weighted by molar-refractivity contribution is 0.0950. The number of thioether (sulfide) groups is 1. The van der Waals surface area contributed by atoms with Crippen molar-refractivity contribution in [2.75, 3.05) is 19.3 Å². The lowest BCUT2D eigenvalue weighted by Crippen LogP contribution is -2.36. The minimum atomic E-state index is -0.0128. The molecule has 0 saturated carbocycles. The first-order valence-corrected chi connectivity index (χ1v) is 7.34. The molecule has 0 aliphatic carbocycles. The average molecular weight is 266 g/mol. The number of carbonyl (C=O) groups excluding carboxylic acids is 1. The molecule has 0 bridgehead atoms. The van der Waals surface area contributed by atoms with Crippen molar-refractivity contribution in [2.45, 2.75) is 25.0 Å². The molecule has 100 valence electrons. The number of hydrogen-bond acceptors (Lipinski definition) is 3. The second-order valence-corrected chi connectivity index (χ2v) is 6.36. The Kier molecular flexibility index (Phi) is 5.69. The van der Waals surface area contributed by atoms with Crippen molar-refractivity contribution < 1.29 is 4.79 Å². The summed E-state index contributed by atoms with van der Waals surface area (Å²) in [5.74, 6) is -0.0128. The van der Waals surface area contributed by atoms with E-state index in [9.17, 15) is 4.79 Å². The summed E-state index contributed by atoms with van der Waals surface area (Å²) in [6.07, 6.45) is 2.78. The van der Waals surface area contributed by atoms with E-state index in [0.717, 1.165) is 17.5 Å². The highest BCUT2D eigenvalue weighted by atomic mass is 32.2. The van der Waals surface area contributed by atoms with Crippen LogP contribution in [0, 0.1) is 0 Å². The van der Waals surface area contributed by atoms with Crippen molar-refractivity contribution in [3.63, 3.8) is 0 Å². The van der Waals surface area contributed by atoms with Crippen LogP contribution in [0.3, 0.4) is 0 Å². The number of nitrogens with one attached hydrogen (secondary N) is 1. The normalized spacial score (nSPS) is 11.3. The van der Waals surface area contributed by atoms with Crippen LogP contribution >= 0.6 is 11.8 Å². The molecule has 0 aliphatic rings. The number of carbonyl (C=O) groups is 1. The first-order valence-electron chi connectivity index (χ1n) is 6.11. The number of rotatable bonds is 6. The Labute approximate surface area is 114 Å². The van der Waals surface area contributed by atoms with Gasteiger partial charge in [-0.2, -0.15) is 11.8 Å². The molecule has 0 heterocycles. The van der Waals surface area contributed by atoms with Gasteiger partial charge in [0.15, 0.2) is 0 Å². The smallest absolute Gasteiger partial charge is 0.251 e. The summed E-state index contributed by atoms with van der Waals surface area (Å²) in [4.78, 5) is 12.1. The molecule has 1 amide bonds. The number of amides is 1. The molecule has 0 fully saturated rings. The SMILES string of the molecule is CSC(C)(C)CNC(=O)c1ccccc1CCN. The van der Waals surface area contributed by atoms with Crippen molar-refractivity contribution in [3.8, 4) is 0 Å². The minimum absolute atomic E-state index is 0.0128. The minimum Gasteiger partial charge on any atom is -0.351 e. The molecule has 4 heteroatoms. The lowest BCUT2D eigenvalue weighted by atomic mass is 10.0. The third-order valence-corrected chi connectivity index (χ3v) is 4.15. The van der Waals surface area contributed by atoms with Gasteiger partial charge in [-0.05, 0) is 44.7 Å². The van der Waals surface area contributed by atoms with Crippen LogP contribution in [0.15, 0.2) is 24.3 Å². The summed E-state index contributed by atoms with van der Waals surface area (Å²) < 4.78 is 0.0540. The zero-order valence-electron chi connectivity index (χ0n) is 11.3. The van der Waals surface area contributed by atoms with Crippen molar-refractivity contribution in [2.24, 2.45) is 5.73 Å². The molecule has 3 nitrogen and oxygen atoms in total. The van der Waals surface area contributed by atoms with E-state index in [1.54, 1.807) is 11.8 Å². The first-order chi connectivity index (χ1) is 8.50. The van der Waals surface area contributed by atoms with E-state index < -0.39 is 0 Å². The number of benzene rings is 1. The molecule has 0 aliphatic heterocycles. The van der Waals surface area contributed by atoms with Gasteiger partial charge in [0.25, 0.3) is 5.91 Å². The van der Waals surface area contributed by atoms with Crippen LogP contribution < -0.4 is 11.1 Å². The molecule has 0 radical (unpaired) electrons. The topological polar surface area (TPSA) is 55.1 Å². The van der Waals surface area contributed by atoms with Crippen molar-refractivity contribution in [3.05, 3.63) is 35.4 Å². The zero-order valence-corrected chi connectivity index (χ0v) is 12.1. The molecule has 0 spiro atoms. The van der Waals surface area contributed by atoms with Gasteiger partial charge < -0.3 is 11.1 Å². The number of nitrogens with two attached hydrogens (primary N) is 1. The van der Waals surface area contributed by atoms with Gasteiger partial charge in [-0.3, -0.25) is 4.79 Å². The van der Waals surface area contributed by atoms with E-state index in [1.165, 1.54) is 0 Å². The Hall–Kier alpha value is -1.00. The maximum absolute atomic E-state index is 12.1. The Balaban J connectivity index is 2.72. The highest BCUT2D eigenvalue weighted by Crippen LogP contribution is 2.20. The second-order valence-electron chi connectivity index (χ2n) is 4.84. The third kappa shape index (κ3) is 4.35. The van der Waals surface area contributed by atoms with Crippen molar-refractivity contribution in [1.82, 2.24) is 5.32 Å². The molecular formula is C14H22N2OS. The predicted octanol–water partition coefficient (Wildman–Crippen LogP) is 2.06. The van der Waals surface area contributed by atoms with Crippen molar-refractivity contribution in [1.29, 1.82) is 0 Å².